The predicted octanol–water partition coefficient (Wildman–Crippen LogP) is 2.65. The molecule has 32 heavy (non-hydrogen) atoms. The second-order valence-corrected chi connectivity index (χ2v) is 12.3. The molecule has 2 unspecified atom stereocenters. The Labute approximate surface area is 189 Å². The minimum atomic E-state index is -3.19. The van der Waals surface area contributed by atoms with E-state index in [1.165, 1.54) is 6.07 Å². The summed E-state index contributed by atoms with van der Waals surface area (Å²) in [7, 11) is -3.19. The van der Waals surface area contributed by atoms with Gasteiger partial charge in [-0.3, -0.25) is 4.90 Å². The number of benzene rings is 1. The summed E-state index contributed by atoms with van der Waals surface area (Å²) >= 11 is 0. The number of ether oxygens (including phenoxy) is 1. The number of hydrogen-bond donors (Lipinski definition) is 1. The van der Waals surface area contributed by atoms with Crippen LogP contribution >= 0.6 is 0 Å². The molecule has 0 bridgehead atoms. The molecule has 0 aromatic heterocycles. The van der Waals surface area contributed by atoms with E-state index in [2.05, 4.69) is 4.90 Å². The molecule has 3 heterocycles. The molecule has 2 N–H and O–H groups in total. The van der Waals surface area contributed by atoms with E-state index in [4.69, 9.17) is 10.5 Å². The van der Waals surface area contributed by atoms with Crippen molar-refractivity contribution < 1.29 is 21.9 Å². The Bertz CT molecular complexity index is 940. The van der Waals surface area contributed by atoms with Crippen LogP contribution in [0.25, 0.3) is 0 Å². The van der Waals surface area contributed by atoms with E-state index in [9.17, 15) is 17.2 Å². The van der Waals surface area contributed by atoms with Crippen molar-refractivity contribution in [3.8, 4) is 0 Å². The van der Waals surface area contributed by atoms with Crippen LogP contribution in [0.4, 0.5) is 8.78 Å². The Morgan fingerprint density at radius 3 is 2.53 bits per heavy atom. The highest BCUT2D eigenvalue weighted by atomic mass is 32.2. The van der Waals surface area contributed by atoms with E-state index in [0.717, 1.165) is 57.3 Å². The maximum Gasteiger partial charge on any atom is 0.216 e. The Kier molecular flexibility index (Phi) is 6.30. The van der Waals surface area contributed by atoms with Crippen LogP contribution in [0, 0.1) is 23.5 Å². The van der Waals surface area contributed by atoms with Gasteiger partial charge in [-0.25, -0.2) is 21.5 Å². The lowest BCUT2D eigenvalue weighted by Crippen LogP contribution is -2.53. The van der Waals surface area contributed by atoms with Crippen molar-refractivity contribution in [2.24, 2.45) is 17.6 Å². The number of rotatable bonds is 4. The van der Waals surface area contributed by atoms with E-state index in [0.29, 0.717) is 38.0 Å². The fourth-order valence-electron chi connectivity index (χ4n) is 6.24. The molecular weight excluding hydrogens is 436 g/mol. The monoisotopic (exact) mass is 469 g/mol. The predicted molar refractivity (Wildman–Crippen MR) is 117 cm³/mol. The van der Waals surface area contributed by atoms with Crippen molar-refractivity contribution in [2.45, 2.75) is 62.0 Å². The first kappa shape index (κ1) is 22.7. The fourth-order valence-corrected chi connectivity index (χ4v) is 8.39. The molecule has 5 atom stereocenters. The van der Waals surface area contributed by atoms with Crippen LogP contribution < -0.4 is 5.73 Å². The number of likely N-dealkylation sites (tertiary alicyclic amines) is 1. The van der Waals surface area contributed by atoms with Crippen LogP contribution in [0.2, 0.25) is 0 Å². The van der Waals surface area contributed by atoms with E-state index < -0.39 is 33.8 Å². The maximum atomic E-state index is 14.2. The Morgan fingerprint density at radius 2 is 1.78 bits per heavy atom. The van der Waals surface area contributed by atoms with Gasteiger partial charge in [0.1, 0.15) is 17.7 Å². The standard InChI is InChI=1S/C23H33F2N3O3S/c24-17-5-6-21(25)20(9-17)23-22(26)10-18(14-31-23)27-8-7-15-12-28(13-16(15)11-27)32(29,30)19-3-1-2-4-19/h5-6,9,15-16,18-19,22-23H,1-4,7-8,10-14,26H2/t15?,16?,18-,22+,23-/m1/s1. The Morgan fingerprint density at radius 1 is 1.03 bits per heavy atom. The molecule has 3 aliphatic heterocycles. The molecule has 5 rings (SSSR count). The number of nitrogens with two attached hydrogens (primary N) is 1. The van der Waals surface area contributed by atoms with Crippen molar-refractivity contribution in [3.63, 3.8) is 0 Å². The molecule has 0 amide bonds. The van der Waals surface area contributed by atoms with E-state index in [-0.39, 0.29) is 16.9 Å². The molecule has 3 saturated heterocycles. The van der Waals surface area contributed by atoms with Gasteiger partial charge in [0.15, 0.2) is 0 Å². The number of nitrogens with zero attached hydrogens (tertiary/aromatic N) is 2. The zero-order valence-electron chi connectivity index (χ0n) is 18.3. The van der Waals surface area contributed by atoms with Gasteiger partial charge < -0.3 is 10.5 Å². The first-order valence-electron chi connectivity index (χ1n) is 11.9. The van der Waals surface area contributed by atoms with Gasteiger partial charge in [-0.05, 0) is 62.3 Å². The molecule has 0 radical (unpaired) electrons. The van der Waals surface area contributed by atoms with Crippen LogP contribution in [-0.2, 0) is 14.8 Å². The van der Waals surface area contributed by atoms with Crippen LogP contribution in [-0.4, -0.2) is 67.7 Å². The average Bonchev–Trinajstić information content (AvgIpc) is 3.46. The molecule has 1 saturated carbocycles. The van der Waals surface area contributed by atoms with Crippen LogP contribution in [0.5, 0.6) is 0 Å². The van der Waals surface area contributed by atoms with Crippen molar-refractivity contribution in [1.82, 2.24) is 9.21 Å². The largest absolute Gasteiger partial charge is 0.370 e. The summed E-state index contributed by atoms with van der Waals surface area (Å²) in [6.07, 6.45) is 4.58. The third-order valence-electron chi connectivity index (χ3n) is 8.06. The van der Waals surface area contributed by atoms with Crippen molar-refractivity contribution in [1.29, 1.82) is 0 Å². The minimum Gasteiger partial charge on any atom is -0.370 e. The van der Waals surface area contributed by atoms with E-state index >= 15 is 0 Å². The number of sulfonamides is 1. The highest BCUT2D eigenvalue weighted by Crippen LogP contribution is 2.38. The van der Waals surface area contributed by atoms with Gasteiger partial charge >= 0.3 is 0 Å². The summed E-state index contributed by atoms with van der Waals surface area (Å²) in [6.45, 7) is 3.39. The smallest absolute Gasteiger partial charge is 0.216 e. The molecule has 1 aromatic rings. The fraction of sp³-hybridized carbons (Fsp3) is 0.739. The molecule has 4 fully saturated rings. The number of halogens is 2. The number of fused-ring (bicyclic) bond motifs is 1. The van der Waals surface area contributed by atoms with Crippen molar-refractivity contribution >= 4 is 10.0 Å². The van der Waals surface area contributed by atoms with Gasteiger partial charge in [0.2, 0.25) is 10.0 Å². The number of hydrogen-bond acceptors (Lipinski definition) is 5. The highest BCUT2D eigenvalue weighted by Gasteiger charge is 2.46. The first-order valence-corrected chi connectivity index (χ1v) is 13.4. The van der Waals surface area contributed by atoms with Gasteiger partial charge in [-0.1, -0.05) is 12.8 Å². The molecular formula is C23H33F2N3O3S. The maximum absolute atomic E-state index is 14.2. The molecule has 1 aliphatic carbocycles. The zero-order valence-corrected chi connectivity index (χ0v) is 19.2. The van der Waals surface area contributed by atoms with Gasteiger partial charge in [-0.15, -0.1) is 0 Å². The summed E-state index contributed by atoms with van der Waals surface area (Å²) in [4.78, 5) is 2.37. The quantitative estimate of drug-likeness (QED) is 0.734. The van der Waals surface area contributed by atoms with Crippen LogP contribution in [0.1, 0.15) is 50.2 Å². The third-order valence-corrected chi connectivity index (χ3v) is 10.4. The van der Waals surface area contributed by atoms with Crippen LogP contribution in [0.15, 0.2) is 18.2 Å². The van der Waals surface area contributed by atoms with Gasteiger partial charge in [0.25, 0.3) is 0 Å². The summed E-state index contributed by atoms with van der Waals surface area (Å²) in [6, 6.07) is 3.06. The summed E-state index contributed by atoms with van der Waals surface area (Å²) in [5, 5.41) is -0.191. The summed E-state index contributed by atoms with van der Waals surface area (Å²) in [5.74, 6) is -0.260. The van der Waals surface area contributed by atoms with Crippen molar-refractivity contribution in [2.75, 3.05) is 32.8 Å². The molecule has 9 heteroatoms. The second kappa shape index (κ2) is 8.91. The van der Waals surface area contributed by atoms with Crippen LogP contribution in [0.3, 0.4) is 0 Å². The molecule has 4 aliphatic rings. The van der Waals surface area contributed by atoms with Gasteiger partial charge in [0, 0.05) is 37.3 Å². The Hall–Kier alpha value is -1.13. The lowest BCUT2D eigenvalue weighted by molar-refractivity contribution is -0.0616. The van der Waals surface area contributed by atoms with E-state index in [1.54, 1.807) is 4.31 Å². The number of piperidine rings is 1. The lowest BCUT2D eigenvalue weighted by atomic mass is 9.86. The third kappa shape index (κ3) is 4.22. The second-order valence-electron chi connectivity index (χ2n) is 10.0. The summed E-state index contributed by atoms with van der Waals surface area (Å²) in [5.41, 5.74) is 6.53. The normalized spacial score (nSPS) is 35.3. The molecule has 1 aromatic carbocycles. The Balaban J connectivity index is 1.20. The summed E-state index contributed by atoms with van der Waals surface area (Å²) < 4.78 is 61.6. The van der Waals surface area contributed by atoms with E-state index in [1.807, 2.05) is 0 Å². The SMILES string of the molecule is N[C@H]1C[C@@H](N2CCC3CN(S(=O)(=O)C4CCCC4)CC3C2)CO[C@@H]1c1cc(F)ccc1F. The van der Waals surface area contributed by atoms with Gasteiger partial charge in [0.05, 0.1) is 11.9 Å². The molecule has 6 nitrogen and oxygen atoms in total. The minimum absolute atomic E-state index is 0.110. The zero-order chi connectivity index (χ0) is 22.5. The first-order chi connectivity index (χ1) is 15.3. The average molecular weight is 470 g/mol. The van der Waals surface area contributed by atoms with Gasteiger partial charge in [-0.2, -0.15) is 0 Å². The lowest BCUT2D eigenvalue weighted by Gasteiger charge is -2.44. The molecule has 0 spiro atoms. The topological polar surface area (TPSA) is 75.9 Å². The molecule has 178 valence electrons. The van der Waals surface area contributed by atoms with Crippen molar-refractivity contribution in [3.05, 3.63) is 35.4 Å². The highest BCUT2D eigenvalue weighted by molar-refractivity contribution is 7.89.